The quantitative estimate of drug-likeness (QED) is 0.563. The van der Waals surface area contributed by atoms with E-state index in [0.717, 1.165) is 12.8 Å². The molecule has 1 aromatic heterocycles. The molecule has 1 rings (SSSR count). The van der Waals surface area contributed by atoms with Crippen molar-refractivity contribution in [3.8, 4) is 0 Å². The first-order valence-electron chi connectivity index (χ1n) is 7.02. The van der Waals surface area contributed by atoms with Crippen LogP contribution in [0, 0.1) is 5.92 Å². The third-order valence-electron chi connectivity index (χ3n) is 3.56. The van der Waals surface area contributed by atoms with Crippen LogP contribution >= 0.6 is 11.6 Å². The summed E-state index contributed by atoms with van der Waals surface area (Å²) in [5.74, 6) is 5.83. The second-order valence-electron chi connectivity index (χ2n) is 4.78. The molecular weight excluding hydrogens is 312 g/mol. The summed E-state index contributed by atoms with van der Waals surface area (Å²) >= 11 is 5.96. The molecule has 0 aromatic carbocycles. The monoisotopic (exact) mass is 334 g/mol. The van der Waals surface area contributed by atoms with Gasteiger partial charge in [-0.25, -0.2) is 19.2 Å². The van der Waals surface area contributed by atoms with E-state index in [2.05, 4.69) is 24.3 Å². The molecule has 1 aromatic rings. The Morgan fingerprint density at radius 3 is 2.43 bits per heavy atom. The summed E-state index contributed by atoms with van der Waals surface area (Å²) in [4.78, 5) is 4.01. The number of rotatable bonds is 8. The molecule has 120 valence electrons. The van der Waals surface area contributed by atoms with Gasteiger partial charge in [0.25, 0.3) is 0 Å². The van der Waals surface area contributed by atoms with Gasteiger partial charge >= 0.3 is 0 Å². The lowest BCUT2D eigenvalue weighted by Gasteiger charge is -2.24. The number of hydrogen-bond donors (Lipinski definition) is 2. The van der Waals surface area contributed by atoms with E-state index >= 15 is 0 Å². The first-order chi connectivity index (χ1) is 9.90. The van der Waals surface area contributed by atoms with Crippen LogP contribution in [-0.2, 0) is 10.0 Å². The van der Waals surface area contributed by atoms with Crippen molar-refractivity contribution in [2.24, 2.45) is 11.8 Å². The lowest BCUT2D eigenvalue weighted by Crippen LogP contribution is -2.35. The smallest absolute Gasteiger partial charge is 0.244 e. The standard InChI is InChI=1S/C13H23ClN4O2S/c1-4-10(5-2)9-18(6-3)21(19,20)11-7-12(14)13(17-15)16-8-11/h7-8,10H,4-6,9,15H2,1-3H3,(H,16,17). The topological polar surface area (TPSA) is 88.3 Å². The maximum Gasteiger partial charge on any atom is 0.244 e. The third-order valence-corrected chi connectivity index (χ3v) is 5.75. The highest BCUT2D eigenvalue weighted by molar-refractivity contribution is 7.89. The summed E-state index contributed by atoms with van der Waals surface area (Å²) in [6.07, 6.45) is 3.15. The number of hydrazine groups is 1. The number of hydrogen-bond acceptors (Lipinski definition) is 5. The third kappa shape index (κ3) is 4.29. The largest absolute Gasteiger partial charge is 0.307 e. The molecule has 21 heavy (non-hydrogen) atoms. The van der Waals surface area contributed by atoms with E-state index in [9.17, 15) is 8.42 Å². The zero-order valence-electron chi connectivity index (χ0n) is 12.6. The van der Waals surface area contributed by atoms with Crippen LogP contribution in [-0.4, -0.2) is 30.8 Å². The molecule has 8 heteroatoms. The molecule has 6 nitrogen and oxygen atoms in total. The average molecular weight is 335 g/mol. The Morgan fingerprint density at radius 1 is 1.38 bits per heavy atom. The number of aromatic nitrogens is 1. The number of anilines is 1. The fraction of sp³-hybridized carbons (Fsp3) is 0.615. The first-order valence-corrected chi connectivity index (χ1v) is 8.84. The maximum atomic E-state index is 12.7. The van der Waals surface area contributed by atoms with Crippen molar-refractivity contribution in [1.29, 1.82) is 0 Å². The molecule has 0 unspecified atom stereocenters. The molecule has 0 spiro atoms. The van der Waals surface area contributed by atoms with Crippen molar-refractivity contribution in [2.45, 2.75) is 38.5 Å². The Bertz CT molecular complexity index is 561. The van der Waals surface area contributed by atoms with Crippen molar-refractivity contribution in [3.63, 3.8) is 0 Å². The number of nitrogens with two attached hydrogens (primary N) is 1. The van der Waals surface area contributed by atoms with Crippen molar-refractivity contribution in [2.75, 3.05) is 18.5 Å². The van der Waals surface area contributed by atoms with E-state index in [-0.39, 0.29) is 15.7 Å². The Labute approximate surface area is 131 Å². The van der Waals surface area contributed by atoms with Gasteiger partial charge in [-0.3, -0.25) is 0 Å². The minimum absolute atomic E-state index is 0.0827. The van der Waals surface area contributed by atoms with Crippen molar-refractivity contribution in [1.82, 2.24) is 9.29 Å². The number of nitrogens with zero attached hydrogens (tertiary/aromatic N) is 2. The molecule has 0 saturated heterocycles. The minimum Gasteiger partial charge on any atom is -0.307 e. The summed E-state index contributed by atoms with van der Waals surface area (Å²) < 4.78 is 26.8. The summed E-state index contributed by atoms with van der Waals surface area (Å²) in [5, 5.41) is 0.178. The summed E-state index contributed by atoms with van der Waals surface area (Å²) in [5.41, 5.74) is 2.32. The molecule has 0 radical (unpaired) electrons. The van der Waals surface area contributed by atoms with E-state index < -0.39 is 10.0 Å². The van der Waals surface area contributed by atoms with Crippen molar-refractivity contribution in [3.05, 3.63) is 17.3 Å². The van der Waals surface area contributed by atoms with Crippen LogP contribution in [0.15, 0.2) is 17.2 Å². The van der Waals surface area contributed by atoms with Gasteiger partial charge in [0.2, 0.25) is 10.0 Å². The molecule has 0 aliphatic carbocycles. The van der Waals surface area contributed by atoms with Gasteiger partial charge in [-0.2, -0.15) is 4.31 Å². The fourth-order valence-electron chi connectivity index (χ4n) is 2.05. The van der Waals surface area contributed by atoms with Gasteiger partial charge in [0.15, 0.2) is 5.82 Å². The maximum absolute atomic E-state index is 12.7. The van der Waals surface area contributed by atoms with E-state index in [4.69, 9.17) is 17.4 Å². The van der Waals surface area contributed by atoms with Crippen LogP contribution < -0.4 is 11.3 Å². The molecule has 0 fully saturated rings. The van der Waals surface area contributed by atoms with Gasteiger partial charge in [0, 0.05) is 19.3 Å². The SMILES string of the molecule is CCC(CC)CN(CC)S(=O)(=O)c1cnc(NN)c(Cl)c1. The Morgan fingerprint density at radius 2 is 2.00 bits per heavy atom. The molecule has 0 bridgehead atoms. The van der Waals surface area contributed by atoms with Gasteiger partial charge in [-0.05, 0) is 12.0 Å². The van der Waals surface area contributed by atoms with E-state index in [1.54, 1.807) is 0 Å². The highest BCUT2D eigenvalue weighted by Crippen LogP contribution is 2.25. The van der Waals surface area contributed by atoms with Crippen LogP contribution in [0.2, 0.25) is 5.02 Å². The summed E-state index contributed by atoms with van der Waals surface area (Å²) in [7, 11) is -3.60. The van der Waals surface area contributed by atoms with E-state index in [0.29, 0.717) is 19.0 Å². The van der Waals surface area contributed by atoms with Crippen LogP contribution in [0.5, 0.6) is 0 Å². The minimum atomic E-state index is -3.60. The predicted octanol–water partition coefficient (Wildman–Crippen LogP) is 2.47. The normalized spacial score (nSPS) is 12.1. The number of pyridine rings is 1. The Hall–Kier alpha value is -0.890. The zero-order chi connectivity index (χ0) is 16.0. The van der Waals surface area contributed by atoms with Gasteiger partial charge in [0.1, 0.15) is 4.90 Å². The second-order valence-corrected chi connectivity index (χ2v) is 7.13. The molecule has 0 atom stereocenters. The lowest BCUT2D eigenvalue weighted by molar-refractivity contribution is 0.339. The highest BCUT2D eigenvalue weighted by Gasteiger charge is 2.26. The zero-order valence-corrected chi connectivity index (χ0v) is 14.2. The van der Waals surface area contributed by atoms with Gasteiger partial charge in [-0.1, -0.05) is 45.2 Å². The van der Waals surface area contributed by atoms with Crippen molar-refractivity contribution < 1.29 is 8.42 Å². The molecule has 0 aliphatic rings. The second kappa shape index (κ2) is 7.93. The molecule has 0 amide bonds. The van der Waals surface area contributed by atoms with Gasteiger partial charge in [0.05, 0.1) is 5.02 Å². The number of halogens is 1. The van der Waals surface area contributed by atoms with Crippen LogP contribution in [0.25, 0.3) is 0 Å². The van der Waals surface area contributed by atoms with Crippen LogP contribution in [0.1, 0.15) is 33.6 Å². The predicted molar refractivity (Wildman–Crippen MR) is 85.6 cm³/mol. The first kappa shape index (κ1) is 18.2. The fourth-order valence-corrected chi connectivity index (χ4v) is 3.83. The van der Waals surface area contributed by atoms with Crippen LogP contribution in [0.3, 0.4) is 0 Å². The lowest BCUT2D eigenvalue weighted by atomic mass is 10.0. The summed E-state index contributed by atoms with van der Waals surface area (Å²) in [6, 6.07) is 1.37. The van der Waals surface area contributed by atoms with E-state index in [1.807, 2.05) is 6.92 Å². The van der Waals surface area contributed by atoms with E-state index in [1.165, 1.54) is 16.6 Å². The number of sulfonamides is 1. The molecule has 0 aliphatic heterocycles. The average Bonchev–Trinajstić information content (AvgIpc) is 2.48. The van der Waals surface area contributed by atoms with Crippen molar-refractivity contribution >= 4 is 27.4 Å². The summed E-state index contributed by atoms with van der Waals surface area (Å²) in [6.45, 7) is 6.86. The molecule has 3 N–H and O–H groups in total. The molecular formula is C13H23ClN4O2S. The van der Waals surface area contributed by atoms with Crippen LogP contribution in [0.4, 0.5) is 5.82 Å². The number of nitrogen functional groups attached to an aromatic ring is 1. The Kier molecular flexibility index (Phi) is 6.86. The van der Waals surface area contributed by atoms with Gasteiger partial charge in [-0.15, -0.1) is 0 Å². The number of nitrogens with one attached hydrogen (secondary N) is 1. The Balaban J connectivity index is 3.09. The molecule has 1 heterocycles. The molecule has 0 saturated carbocycles. The highest BCUT2D eigenvalue weighted by atomic mass is 35.5. The van der Waals surface area contributed by atoms with Gasteiger partial charge < -0.3 is 5.43 Å².